The average molecular weight is 497 g/mol. The lowest BCUT2D eigenvalue weighted by Gasteiger charge is -2.37. The third-order valence-corrected chi connectivity index (χ3v) is 7.75. The van der Waals surface area contributed by atoms with E-state index in [-0.39, 0.29) is 23.3 Å². The van der Waals surface area contributed by atoms with E-state index < -0.39 is 30.1 Å². The third kappa shape index (κ3) is 7.65. The summed E-state index contributed by atoms with van der Waals surface area (Å²) >= 11 is 0. The van der Waals surface area contributed by atoms with Crippen LogP contribution in [0.1, 0.15) is 93.9 Å². The molecule has 0 aromatic heterocycles. The van der Waals surface area contributed by atoms with Crippen LogP contribution in [0, 0.1) is 34.5 Å². The summed E-state index contributed by atoms with van der Waals surface area (Å²) in [5, 5.41) is 0. The summed E-state index contributed by atoms with van der Waals surface area (Å²) in [6.45, 7) is 28.4. The van der Waals surface area contributed by atoms with E-state index in [0.717, 1.165) is 12.0 Å². The van der Waals surface area contributed by atoms with E-state index in [1.807, 2.05) is 27.7 Å². The van der Waals surface area contributed by atoms with Gasteiger partial charge < -0.3 is 0 Å². The Morgan fingerprint density at radius 2 is 1.50 bits per heavy atom. The molecular weight excluding hydrogens is 450 g/mol. The van der Waals surface area contributed by atoms with Crippen molar-refractivity contribution < 1.29 is 26.3 Å². The van der Waals surface area contributed by atoms with Crippen molar-refractivity contribution in [2.24, 2.45) is 34.5 Å². The molecule has 2 fully saturated rings. The van der Waals surface area contributed by atoms with E-state index in [4.69, 9.17) is 0 Å². The number of allylic oxidation sites excluding steroid dienone is 3. The fourth-order valence-electron chi connectivity index (χ4n) is 5.60. The van der Waals surface area contributed by atoms with Crippen LogP contribution in [0.5, 0.6) is 0 Å². The Labute approximate surface area is 204 Å². The second-order valence-electron chi connectivity index (χ2n) is 10.8. The number of hydrogen-bond donors (Lipinski definition) is 0. The second-order valence-corrected chi connectivity index (χ2v) is 10.8. The lowest BCUT2D eigenvalue weighted by molar-refractivity contribution is -0.283. The number of fused-ring (bicyclic) bond motifs is 1. The number of hydrogen-bond acceptors (Lipinski definition) is 0. The van der Waals surface area contributed by atoms with Gasteiger partial charge in [-0.2, -0.15) is 26.3 Å². The van der Waals surface area contributed by atoms with Crippen molar-refractivity contribution in [3.05, 3.63) is 36.5 Å². The Kier molecular flexibility index (Phi) is 11.7. The summed E-state index contributed by atoms with van der Waals surface area (Å²) < 4.78 is 77.2. The van der Waals surface area contributed by atoms with E-state index in [9.17, 15) is 26.3 Å². The molecule has 0 nitrogen and oxygen atoms in total. The molecule has 0 heterocycles. The van der Waals surface area contributed by atoms with Crippen LogP contribution in [0.15, 0.2) is 36.5 Å². The van der Waals surface area contributed by atoms with Crippen LogP contribution in [0.2, 0.25) is 0 Å². The van der Waals surface area contributed by atoms with E-state index in [0.29, 0.717) is 18.3 Å². The molecule has 0 aromatic rings. The first kappa shape index (κ1) is 32.8. The molecule has 0 aromatic carbocycles. The first-order valence-electron chi connectivity index (χ1n) is 12.5. The summed E-state index contributed by atoms with van der Waals surface area (Å²) in [4.78, 5) is 0. The molecule has 2 aliphatic carbocycles. The molecule has 4 unspecified atom stereocenters. The molecule has 0 bridgehead atoms. The zero-order valence-corrected chi connectivity index (χ0v) is 22.4. The highest BCUT2D eigenvalue weighted by atomic mass is 19.4. The predicted octanol–water partition coefficient (Wildman–Crippen LogP) is 10.7. The van der Waals surface area contributed by atoms with E-state index in [2.05, 4.69) is 47.4 Å². The van der Waals surface area contributed by atoms with Crippen molar-refractivity contribution in [1.29, 1.82) is 0 Å². The van der Waals surface area contributed by atoms with Gasteiger partial charge in [0.1, 0.15) is 0 Å². The molecule has 2 saturated carbocycles. The summed E-state index contributed by atoms with van der Waals surface area (Å²) in [5.74, 6) is -2.82. The molecule has 6 heteroatoms. The van der Waals surface area contributed by atoms with Crippen LogP contribution in [0.25, 0.3) is 0 Å². The Morgan fingerprint density at radius 3 is 1.85 bits per heavy atom. The maximum atomic E-state index is 12.9. The summed E-state index contributed by atoms with van der Waals surface area (Å²) in [5.41, 5.74) is 1.71. The minimum absolute atomic E-state index is 0.0552. The van der Waals surface area contributed by atoms with Gasteiger partial charge in [-0.1, -0.05) is 91.3 Å². The summed E-state index contributed by atoms with van der Waals surface area (Å²) in [7, 11) is 0. The maximum Gasteiger partial charge on any atom is 0.400 e. The number of halogens is 6. The summed E-state index contributed by atoms with van der Waals surface area (Å²) in [6, 6.07) is 0. The van der Waals surface area contributed by atoms with Gasteiger partial charge in [0.05, 0.1) is 0 Å². The molecule has 200 valence electrons. The van der Waals surface area contributed by atoms with Gasteiger partial charge in [0, 0.05) is 5.41 Å². The fraction of sp³-hybridized carbons (Fsp3) is 0.786. The van der Waals surface area contributed by atoms with Crippen molar-refractivity contribution in [3.8, 4) is 0 Å². The predicted molar refractivity (Wildman–Crippen MR) is 131 cm³/mol. The van der Waals surface area contributed by atoms with Crippen LogP contribution in [-0.4, -0.2) is 12.4 Å². The van der Waals surface area contributed by atoms with Crippen molar-refractivity contribution >= 4 is 0 Å². The van der Waals surface area contributed by atoms with Crippen LogP contribution in [0.3, 0.4) is 0 Å². The van der Waals surface area contributed by atoms with Crippen molar-refractivity contribution in [2.75, 3.05) is 0 Å². The standard InChI is InChI=1S/C17H22F6.C9H18.C2H6/c1-9-5-13-10(2)6-11(3)15(13,8-9)12(4)7-14(16(18,19)20)17(21,22)23;1-6-7-9(4,5)8(2)3;1-2/h9-10,13-14H,3-8H2,1-2H3;2,6-7H2,1,3-5H3;1-2H3. The van der Waals surface area contributed by atoms with Crippen LogP contribution >= 0.6 is 0 Å². The monoisotopic (exact) mass is 496 g/mol. The molecule has 0 N–H and O–H groups in total. The highest BCUT2D eigenvalue weighted by Gasteiger charge is 2.60. The molecule has 0 saturated heterocycles. The molecule has 4 atom stereocenters. The number of rotatable bonds is 6. The average Bonchev–Trinajstić information content (AvgIpc) is 3.14. The van der Waals surface area contributed by atoms with Gasteiger partial charge in [0.25, 0.3) is 0 Å². The Bertz CT molecular complexity index is 683. The van der Waals surface area contributed by atoms with Gasteiger partial charge in [-0.25, -0.2) is 0 Å². The van der Waals surface area contributed by atoms with Crippen LogP contribution < -0.4 is 0 Å². The minimum Gasteiger partial charge on any atom is -0.170 e. The topological polar surface area (TPSA) is 0 Å². The second kappa shape index (κ2) is 12.2. The molecule has 0 amide bonds. The smallest absolute Gasteiger partial charge is 0.170 e. The Balaban J connectivity index is 0.000000836. The quantitative estimate of drug-likeness (QED) is 0.253. The first-order chi connectivity index (χ1) is 15.3. The van der Waals surface area contributed by atoms with Gasteiger partial charge in [-0.3, -0.25) is 0 Å². The highest BCUT2D eigenvalue weighted by Crippen LogP contribution is 2.65. The normalized spacial score (nSPS) is 26.9. The van der Waals surface area contributed by atoms with Crippen LogP contribution in [0.4, 0.5) is 26.3 Å². The Morgan fingerprint density at radius 1 is 1.03 bits per heavy atom. The zero-order chi connectivity index (χ0) is 27.3. The molecule has 2 aliphatic rings. The molecule has 2 rings (SSSR count). The molecule has 0 radical (unpaired) electrons. The van der Waals surface area contributed by atoms with E-state index >= 15 is 0 Å². The SMILES string of the molecule is C=C(C)C(C)(C)CCC.C=C1CC(C)C2CC(C)CC12C(=C)CC(C(F)(F)F)C(F)(F)F.CC. The lowest BCUT2D eigenvalue weighted by Crippen LogP contribution is -2.39. The fourth-order valence-corrected chi connectivity index (χ4v) is 5.60. The largest absolute Gasteiger partial charge is 0.400 e. The van der Waals surface area contributed by atoms with Gasteiger partial charge in [-0.05, 0) is 62.2 Å². The van der Waals surface area contributed by atoms with Gasteiger partial charge in [0.2, 0.25) is 0 Å². The van der Waals surface area contributed by atoms with Crippen molar-refractivity contribution in [2.45, 2.75) is 106 Å². The molecule has 34 heavy (non-hydrogen) atoms. The highest BCUT2D eigenvalue weighted by molar-refractivity contribution is 5.35. The molecular formula is C28H46F6. The Hall–Kier alpha value is -1.20. The van der Waals surface area contributed by atoms with Crippen LogP contribution in [-0.2, 0) is 0 Å². The summed E-state index contributed by atoms with van der Waals surface area (Å²) in [6.07, 6.45) is -7.21. The van der Waals surface area contributed by atoms with Crippen molar-refractivity contribution in [1.82, 2.24) is 0 Å². The number of alkyl halides is 6. The van der Waals surface area contributed by atoms with Gasteiger partial charge in [0.15, 0.2) is 5.92 Å². The molecule has 0 aliphatic heterocycles. The van der Waals surface area contributed by atoms with E-state index in [1.165, 1.54) is 18.4 Å². The zero-order valence-electron chi connectivity index (χ0n) is 22.4. The first-order valence-corrected chi connectivity index (χ1v) is 12.5. The van der Waals surface area contributed by atoms with E-state index in [1.54, 1.807) is 0 Å². The maximum absolute atomic E-state index is 12.9. The van der Waals surface area contributed by atoms with Crippen molar-refractivity contribution in [3.63, 3.8) is 0 Å². The van der Waals surface area contributed by atoms with Gasteiger partial charge >= 0.3 is 12.4 Å². The lowest BCUT2D eigenvalue weighted by atomic mass is 9.68. The van der Waals surface area contributed by atoms with Gasteiger partial charge in [-0.15, -0.1) is 0 Å². The third-order valence-electron chi connectivity index (χ3n) is 7.75. The molecule has 0 spiro atoms. The minimum atomic E-state index is -5.32.